The van der Waals surface area contributed by atoms with Crippen molar-refractivity contribution in [2.24, 2.45) is 0 Å². The molecule has 1 unspecified atom stereocenters. The maximum Gasteiger partial charge on any atom is 0.335 e. The lowest BCUT2D eigenvalue weighted by Gasteiger charge is -2.35. The molecule has 3 rings (SSSR count). The van der Waals surface area contributed by atoms with Crippen molar-refractivity contribution in [1.29, 1.82) is 0 Å². The van der Waals surface area contributed by atoms with Crippen molar-refractivity contribution < 1.29 is 19.5 Å². The van der Waals surface area contributed by atoms with Crippen molar-refractivity contribution in [3.8, 4) is 0 Å². The van der Waals surface area contributed by atoms with E-state index in [0.717, 1.165) is 5.56 Å². The largest absolute Gasteiger partial charge is 0.478 e. The molecule has 26 heavy (non-hydrogen) atoms. The summed E-state index contributed by atoms with van der Waals surface area (Å²) in [5, 5.41) is 12.1. The second-order valence-electron chi connectivity index (χ2n) is 6.15. The van der Waals surface area contributed by atoms with Crippen molar-refractivity contribution in [2.75, 3.05) is 13.1 Å². The third kappa shape index (κ3) is 3.74. The van der Waals surface area contributed by atoms with E-state index in [1.54, 1.807) is 23.1 Å². The van der Waals surface area contributed by atoms with Gasteiger partial charge in [0, 0.05) is 19.5 Å². The molecule has 0 radical (unpaired) electrons. The Hall–Kier alpha value is -3.15. The predicted molar refractivity (Wildman–Crippen MR) is 95.6 cm³/mol. The molecule has 6 nitrogen and oxygen atoms in total. The van der Waals surface area contributed by atoms with Crippen molar-refractivity contribution in [3.63, 3.8) is 0 Å². The van der Waals surface area contributed by atoms with Crippen LogP contribution in [0.25, 0.3) is 0 Å². The van der Waals surface area contributed by atoms with E-state index in [-0.39, 0.29) is 23.8 Å². The van der Waals surface area contributed by atoms with Crippen LogP contribution < -0.4 is 5.32 Å². The van der Waals surface area contributed by atoms with E-state index in [0.29, 0.717) is 25.1 Å². The summed E-state index contributed by atoms with van der Waals surface area (Å²) < 4.78 is 0. The van der Waals surface area contributed by atoms with Gasteiger partial charge in [0.2, 0.25) is 11.8 Å². The van der Waals surface area contributed by atoms with Crippen molar-refractivity contribution in [1.82, 2.24) is 10.2 Å². The van der Waals surface area contributed by atoms with Gasteiger partial charge in [0.05, 0.1) is 5.56 Å². The molecule has 0 saturated carbocycles. The van der Waals surface area contributed by atoms with Gasteiger partial charge in [-0.15, -0.1) is 0 Å². The van der Waals surface area contributed by atoms with Crippen molar-refractivity contribution >= 4 is 17.8 Å². The van der Waals surface area contributed by atoms with E-state index >= 15 is 0 Å². The van der Waals surface area contributed by atoms with Crippen LogP contribution in [0.5, 0.6) is 0 Å². The standard InChI is InChI=1S/C20H20N2O4/c23-17(11-10-14-6-4-5-9-16(14)20(25)26)22-13-12-21-19(24)18(22)15-7-2-1-3-8-15/h1-9,18H,10-13H2,(H,21,24)(H,25,26). The number of hydrogen-bond acceptors (Lipinski definition) is 3. The number of amides is 2. The molecule has 6 heteroatoms. The fourth-order valence-corrected chi connectivity index (χ4v) is 3.23. The van der Waals surface area contributed by atoms with E-state index in [9.17, 15) is 19.5 Å². The average Bonchev–Trinajstić information content (AvgIpc) is 2.66. The molecule has 0 bridgehead atoms. The SMILES string of the molecule is O=C(O)c1ccccc1CCC(=O)N1CCNC(=O)C1c1ccccc1. The number of aryl methyl sites for hydroxylation is 1. The Morgan fingerprint density at radius 3 is 2.50 bits per heavy atom. The Morgan fingerprint density at radius 1 is 1.08 bits per heavy atom. The first kappa shape index (κ1) is 17.7. The number of carboxylic acid groups (broad SMARTS) is 1. The van der Waals surface area contributed by atoms with Crippen molar-refractivity contribution in [2.45, 2.75) is 18.9 Å². The van der Waals surface area contributed by atoms with Crippen LogP contribution in [0.4, 0.5) is 0 Å². The van der Waals surface area contributed by atoms with Gasteiger partial charge in [-0.05, 0) is 23.6 Å². The topological polar surface area (TPSA) is 86.7 Å². The molecule has 2 amide bonds. The first-order valence-electron chi connectivity index (χ1n) is 8.51. The molecule has 1 heterocycles. The Labute approximate surface area is 151 Å². The number of carbonyl (C=O) groups is 3. The smallest absolute Gasteiger partial charge is 0.335 e. The zero-order valence-corrected chi connectivity index (χ0v) is 14.2. The molecular formula is C20H20N2O4. The summed E-state index contributed by atoms with van der Waals surface area (Å²) >= 11 is 0. The van der Waals surface area contributed by atoms with Crippen LogP contribution >= 0.6 is 0 Å². The van der Waals surface area contributed by atoms with Gasteiger partial charge in [-0.25, -0.2) is 4.79 Å². The Balaban J connectivity index is 1.76. The highest BCUT2D eigenvalue weighted by atomic mass is 16.4. The lowest BCUT2D eigenvalue weighted by atomic mass is 9.99. The quantitative estimate of drug-likeness (QED) is 0.862. The molecule has 0 aromatic heterocycles. The van der Waals surface area contributed by atoms with Gasteiger partial charge in [0.15, 0.2) is 0 Å². The molecule has 2 aromatic carbocycles. The number of aromatic carboxylic acids is 1. The molecule has 1 saturated heterocycles. The highest BCUT2D eigenvalue weighted by Crippen LogP contribution is 2.24. The van der Waals surface area contributed by atoms with Crippen LogP contribution in [0.2, 0.25) is 0 Å². The highest BCUT2D eigenvalue weighted by Gasteiger charge is 2.33. The molecule has 1 aliphatic rings. The summed E-state index contributed by atoms with van der Waals surface area (Å²) in [6.07, 6.45) is 0.474. The predicted octanol–water partition coefficient (Wildman–Crippen LogP) is 2.02. The van der Waals surface area contributed by atoms with Crippen molar-refractivity contribution in [3.05, 3.63) is 71.3 Å². The first-order valence-corrected chi connectivity index (χ1v) is 8.51. The van der Waals surface area contributed by atoms with Gasteiger partial charge in [0.1, 0.15) is 6.04 Å². The van der Waals surface area contributed by atoms with E-state index in [1.165, 1.54) is 6.07 Å². The molecule has 1 fully saturated rings. The first-order chi connectivity index (χ1) is 12.6. The number of nitrogens with zero attached hydrogens (tertiary/aromatic N) is 1. The molecule has 2 N–H and O–H groups in total. The molecular weight excluding hydrogens is 332 g/mol. The Morgan fingerprint density at radius 2 is 1.77 bits per heavy atom. The van der Waals surface area contributed by atoms with Crippen LogP contribution in [0.1, 0.15) is 33.9 Å². The summed E-state index contributed by atoms with van der Waals surface area (Å²) in [6.45, 7) is 0.852. The van der Waals surface area contributed by atoms with Crippen LogP contribution in [-0.4, -0.2) is 40.9 Å². The molecule has 0 aliphatic carbocycles. The van der Waals surface area contributed by atoms with Gasteiger partial charge in [-0.1, -0.05) is 48.5 Å². The normalized spacial score (nSPS) is 16.8. The van der Waals surface area contributed by atoms with Gasteiger partial charge >= 0.3 is 5.97 Å². The molecule has 134 valence electrons. The second kappa shape index (κ2) is 7.82. The van der Waals surface area contributed by atoms with Gasteiger partial charge in [-0.2, -0.15) is 0 Å². The maximum atomic E-state index is 12.8. The Kier molecular flexibility index (Phi) is 5.31. The van der Waals surface area contributed by atoms with Gasteiger partial charge < -0.3 is 15.3 Å². The lowest BCUT2D eigenvalue weighted by molar-refractivity contribution is -0.143. The molecule has 1 atom stereocenters. The third-order valence-corrected chi connectivity index (χ3v) is 4.50. The summed E-state index contributed by atoms with van der Waals surface area (Å²) in [4.78, 5) is 38.0. The third-order valence-electron chi connectivity index (χ3n) is 4.50. The Bertz CT molecular complexity index is 820. The fraction of sp³-hybridized carbons (Fsp3) is 0.250. The number of hydrogen-bond donors (Lipinski definition) is 2. The fourth-order valence-electron chi connectivity index (χ4n) is 3.23. The minimum atomic E-state index is -1.01. The average molecular weight is 352 g/mol. The number of piperazine rings is 1. The lowest BCUT2D eigenvalue weighted by Crippen LogP contribution is -2.52. The van der Waals surface area contributed by atoms with Gasteiger partial charge in [0.25, 0.3) is 0 Å². The van der Waals surface area contributed by atoms with Gasteiger partial charge in [-0.3, -0.25) is 9.59 Å². The van der Waals surface area contributed by atoms with E-state index in [4.69, 9.17) is 0 Å². The summed E-state index contributed by atoms with van der Waals surface area (Å²) in [7, 11) is 0. The van der Waals surface area contributed by atoms with E-state index < -0.39 is 12.0 Å². The zero-order chi connectivity index (χ0) is 18.5. The summed E-state index contributed by atoms with van der Waals surface area (Å²) in [6, 6.07) is 15.2. The number of carbonyl (C=O) groups excluding carboxylic acids is 2. The molecule has 0 spiro atoms. The number of rotatable bonds is 5. The maximum absolute atomic E-state index is 12.8. The zero-order valence-electron chi connectivity index (χ0n) is 14.2. The molecule has 1 aliphatic heterocycles. The monoisotopic (exact) mass is 352 g/mol. The summed E-state index contributed by atoms with van der Waals surface area (Å²) in [5.41, 5.74) is 1.59. The van der Waals surface area contributed by atoms with Crippen LogP contribution in [-0.2, 0) is 16.0 Å². The minimum absolute atomic E-state index is 0.154. The molecule has 2 aromatic rings. The second-order valence-corrected chi connectivity index (χ2v) is 6.15. The van der Waals surface area contributed by atoms with Crippen LogP contribution in [0.15, 0.2) is 54.6 Å². The van der Waals surface area contributed by atoms with E-state index in [2.05, 4.69) is 5.32 Å². The number of benzene rings is 2. The minimum Gasteiger partial charge on any atom is -0.478 e. The van der Waals surface area contributed by atoms with E-state index in [1.807, 2.05) is 30.3 Å². The number of nitrogens with one attached hydrogen (secondary N) is 1. The van der Waals surface area contributed by atoms with Crippen LogP contribution in [0.3, 0.4) is 0 Å². The van der Waals surface area contributed by atoms with Crippen LogP contribution in [0, 0.1) is 0 Å². The number of carboxylic acids is 1. The highest BCUT2D eigenvalue weighted by molar-refractivity contribution is 5.91. The summed E-state index contributed by atoms with van der Waals surface area (Å²) in [5.74, 6) is -1.36.